The second kappa shape index (κ2) is 14.3. The lowest BCUT2D eigenvalue weighted by Crippen LogP contribution is -2.21. The third-order valence-electron chi connectivity index (χ3n) is 7.31. The second-order valence-electron chi connectivity index (χ2n) is 11.1. The number of anilines is 1. The van der Waals surface area contributed by atoms with E-state index in [0.717, 1.165) is 28.0 Å². The summed E-state index contributed by atoms with van der Waals surface area (Å²) >= 11 is 9.91. The number of hydrogen-bond acceptors (Lipinski definition) is 6. The van der Waals surface area contributed by atoms with Gasteiger partial charge in [-0.25, -0.2) is 4.98 Å². The number of benzene rings is 4. The molecule has 0 atom stereocenters. The fraction of sp³-hybridized carbons (Fsp3) is 0.222. The van der Waals surface area contributed by atoms with Crippen LogP contribution in [-0.4, -0.2) is 35.0 Å². The predicted octanol–water partition coefficient (Wildman–Crippen LogP) is 8.52. The van der Waals surface area contributed by atoms with Crippen LogP contribution in [0.1, 0.15) is 48.9 Å². The van der Waals surface area contributed by atoms with E-state index in [1.165, 1.54) is 10.9 Å². The van der Waals surface area contributed by atoms with Crippen molar-refractivity contribution < 1.29 is 14.3 Å². The van der Waals surface area contributed by atoms with Crippen molar-refractivity contribution in [2.45, 2.75) is 40.5 Å². The molecule has 0 spiro atoms. The topological polar surface area (TPSA) is 94.8 Å². The van der Waals surface area contributed by atoms with Crippen LogP contribution in [0.15, 0.2) is 87.2 Å². The number of para-hydroxylation sites is 1. The van der Waals surface area contributed by atoms with Crippen LogP contribution in [0.25, 0.3) is 22.3 Å². The first-order chi connectivity index (χ1) is 22.0. The lowest BCUT2D eigenvalue weighted by atomic mass is 9.96. The molecular formula is C36H34BrClN4O4. The van der Waals surface area contributed by atoms with Crippen LogP contribution in [-0.2, 0) is 4.79 Å². The van der Waals surface area contributed by atoms with Gasteiger partial charge in [0.25, 0.3) is 11.5 Å². The summed E-state index contributed by atoms with van der Waals surface area (Å²) in [5, 5.41) is 8.31. The molecule has 4 aromatic carbocycles. The molecule has 10 heteroatoms. The molecule has 0 fully saturated rings. The van der Waals surface area contributed by atoms with Crippen molar-refractivity contribution in [3.05, 3.63) is 115 Å². The van der Waals surface area contributed by atoms with Crippen molar-refractivity contribution in [2.75, 3.05) is 18.5 Å². The fourth-order valence-corrected chi connectivity index (χ4v) is 5.94. The van der Waals surface area contributed by atoms with Gasteiger partial charge >= 0.3 is 0 Å². The number of carbonyl (C=O) groups is 1. The molecule has 1 aromatic heterocycles. The molecule has 0 aliphatic carbocycles. The zero-order valence-electron chi connectivity index (χ0n) is 26.2. The van der Waals surface area contributed by atoms with Crippen LogP contribution in [0.2, 0.25) is 5.02 Å². The molecule has 8 nitrogen and oxygen atoms in total. The van der Waals surface area contributed by atoms with Gasteiger partial charge in [-0.3, -0.25) is 9.59 Å². The number of amides is 1. The molecule has 1 heterocycles. The van der Waals surface area contributed by atoms with E-state index in [1.54, 1.807) is 24.3 Å². The monoisotopic (exact) mass is 700 g/mol. The molecule has 5 rings (SSSR count). The number of nitrogens with zero attached hydrogens (tertiary/aromatic N) is 3. The zero-order chi connectivity index (χ0) is 33.0. The number of halogens is 2. The highest BCUT2D eigenvalue weighted by molar-refractivity contribution is 9.10. The first-order valence-electron chi connectivity index (χ1n) is 14.9. The molecule has 0 unspecified atom stereocenters. The number of nitrogens with one attached hydrogen (secondary N) is 1. The maximum absolute atomic E-state index is 13.9. The molecule has 0 saturated heterocycles. The molecule has 0 saturated carbocycles. The van der Waals surface area contributed by atoms with E-state index in [1.807, 2.05) is 69.3 Å². The minimum Gasteiger partial charge on any atom is -0.494 e. The summed E-state index contributed by atoms with van der Waals surface area (Å²) in [6.45, 7) is 10.3. The van der Waals surface area contributed by atoms with Crippen molar-refractivity contribution in [1.29, 1.82) is 0 Å². The third kappa shape index (κ3) is 7.32. The van der Waals surface area contributed by atoms with Crippen molar-refractivity contribution >= 4 is 56.2 Å². The molecule has 236 valence electrons. The van der Waals surface area contributed by atoms with Gasteiger partial charge < -0.3 is 14.8 Å². The van der Waals surface area contributed by atoms with Gasteiger partial charge in [0.15, 0.2) is 12.4 Å². The van der Waals surface area contributed by atoms with Crippen molar-refractivity contribution in [3.8, 4) is 22.9 Å². The lowest BCUT2D eigenvalue weighted by Gasteiger charge is -2.18. The summed E-state index contributed by atoms with van der Waals surface area (Å²) in [6.07, 6.45) is 1.48. The number of carbonyl (C=O) groups excluding carboxylic acids is 1. The van der Waals surface area contributed by atoms with Gasteiger partial charge in [-0.2, -0.15) is 9.78 Å². The molecule has 1 N–H and O–H groups in total. The van der Waals surface area contributed by atoms with Crippen LogP contribution >= 0.6 is 27.5 Å². The van der Waals surface area contributed by atoms with Crippen molar-refractivity contribution in [1.82, 2.24) is 9.66 Å². The maximum Gasteiger partial charge on any atom is 0.282 e. The molecule has 0 aliphatic rings. The maximum atomic E-state index is 13.9. The van der Waals surface area contributed by atoms with Crippen LogP contribution in [0.3, 0.4) is 0 Å². The quantitative estimate of drug-likeness (QED) is 0.147. The standard InChI is InChI=1S/C36H34BrClN4O4/c1-6-45-32-15-23(5)29(18-28(32)21(2)3)35-41-31-10-8-7-9-27(31)36(44)42(35)39-19-24-16-25(38)17-30(37)34(24)46-20-33(43)40-26-13-11-22(4)12-14-26/h7-19,21H,6,20H2,1-5H3,(H,40,43). The molecular weight excluding hydrogens is 668 g/mol. The highest BCUT2D eigenvalue weighted by Crippen LogP contribution is 2.35. The Morgan fingerprint density at radius 3 is 2.52 bits per heavy atom. The Morgan fingerprint density at radius 1 is 1.07 bits per heavy atom. The Kier molecular flexibility index (Phi) is 10.2. The zero-order valence-corrected chi connectivity index (χ0v) is 28.6. The first-order valence-corrected chi connectivity index (χ1v) is 16.0. The fourth-order valence-electron chi connectivity index (χ4n) is 5.00. The van der Waals surface area contributed by atoms with Gasteiger partial charge in [-0.15, -0.1) is 0 Å². The average molecular weight is 702 g/mol. The summed E-state index contributed by atoms with van der Waals surface area (Å²) in [6, 6.07) is 22.0. The number of hydrogen-bond donors (Lipinski definition) is 1. The SMILES string of the molecule is CCOc1cc(C)c(-c2nc3ccccc3c(=O)n2N=Cc2cc(Cl)cc(Br)c2OCC(=O)Nc2ccc(C)cc2)cc1C(C)C. The third-order valence-corrected chi connectivity index (χ3v) is 8.11. The number of ether oxygens (including phenoxy) is 2. The Morgan fingerprint density at radius 2 is 1.80 bits per heavy atom. The Hall–Kier alpha value is -4.47. The second-order valence-corrected chi connectivity index (χ2v) is 12.4. The highest BCUT2D eigenvalue weighted by Gasteiger charge is 2.19. The van der Waals surface area contributed by atoms with E-state index in [2.05, 4.69) is 40.2 Å². The van der Waals surface area contributed by atoms with Gasteiger partial charge in [-0.05, 0) is 102 Å². The Balaban J connectivity index is 1.57. The first kappa shape index (κ1) is 32.9. The lowest BCUT2D eigenvalue weighted by molar-refractivity contribution is -0.118. The van der Waals surface area contributed by atoms with Crippen LogP contribution in [0, 0.1) is 13.8 Å². The molecule has 0 bridgehead atoms. The predicted molar refractivity (Wildman–Crippen MR) is 189 cm³/mol. The van der Waals surface area contributed by atoms with Crippen molar-refractivity contribution in [3.63, 3.8) is 0 Å². The van der Waals surface area contributed by atoms with E-state index in [9.17, 15) is 9.59 Å². The Labute approximate surface area is 281 Å². The smallest absolute Gasteiger partial charge is 0.282 e. The van der Waals surface area contributed by atoms with Crippen molar-refractivity contribution in [2.24, 2.45) is 5.10 Å². The average Bonchev–Trinajstić information content (AvgIpc) is 3.01. The van der Waals surface area contributed by atoms with Gasteiger partial charge in [0.1, 0.15) is 11.5 Å². The number of fused-ring (bicyclic) bond motifs is 1. The van der Waals surface area contributed by atoms with E-state index >= 15 is 0 Å². The van der Waals surface area contributed by atoms with Gasteiger partial charge in [0.2, 0.25) is 0 Å². The summed E-state index contributed by atoms with van der Waals surface area (Å²) in [5.74, 6) is 1.35. The van der Waals surface area contributed by atoms with Crippen LogP contribution < -0.4 is 20.3 Å². The summed E-state index contributed by atoms with van der Waals surface area (Å²) in [4.78, 5) is 31.6. The minimum absolute atomic E-state index is 0.164. The summed E-state index contributed by atoms with van der Waals surface area (Å²) in [7, 11) is 0. The number of aromatic nitrogens is 2. The van der Waals surface area contributed by atoms with E-state index in [4.69, 9.17) is 26.1 Å². The van der Waals surface area contributed by atoms with Gasteiger partial charge in [0, 0.05) is 21.8 Å². The molecule has 5 aromatic rings. The highest BCUT2D eigenvalue weighted by atomic mass is 79.9. The van der Waals surface area contributed by atoms with E-state index < -0.39 is 0 Å². The van der Waals surface area contributed by atoms with Crippen LogP contribution in [0.5, 0.6) is 11.5 Å². The molecule has 46 heavy (non-hydrogen) atoms. The summed E-state index contributed by atoms with van der Waals surface area (Å²) in [5.41, 5.74) is 5.07. The molecule has 1 amide bonds. The number of aryl methyl sites for hydroxylation is 2. The van der Waals surface area contributed by atoms with E-state index in [0.29, 0.717) is 49.8 Å². The van der Waals surface area contributed by atoms with E-state index in [-0.39, 0.29) is 24.0 Å². The summed E-state index contributed by atoms with van der Waals surface area (Å²) < 4.78 is 13.7. The Bertz CT molecular complexity index is 2010. The normalized spacial score (nSPS) is 11.4. The van der Waals surface area contributed by atoms with Crippen LogP contribution in [0.4, 0.5) is 5.69 Å². The minimum atomic E-state index is -0.336. The largest absolute Gasteiger partial charge is 0.494 e. The number of rotatable bonds is 10. The molecule has 0 radical (unpaired) electrons. The van der Waals surface area contributed by atoms with Gasteiger partial charge in [0.05, 0.1) is 28.2 Å². The van der Waals surface area contributed by atoms with Gasteiger partial charge in [-0.1, -0.05) is 55.3 Å². The molecule has 0 aliphatic heterocycles.